The maximum atomic E-state index is 5.58. The van der Waals surface area contributed by atoms with Crippen LogP contribution in [0.5, 0.6) is 0 Å². The number of rotatable bonds is 5. The van der Waals surface area contributed by atoms with E-state index in [0.717, 1.165) is 12.1 Å². The van der Waals surface area contributed by atoms with E-state index in [0.29, 0.717) is 16.7 Å². The maximum Gasteiger partial charge on any atom is 0.122 e. The molecule has 1 aromatic carbocycles. The van der Waals surface area contributed by atoms with Gasteiger partial charge in [0.25, 0.3) is 0 Å². The van der Waals surface area contributed by atoms with E-state index in [4.69, 9.17) is 18.0 Å². The molecule has 2 aromatic rings. The number of aromatic nitrogens is 1. The van der Waals surface area contributed by atoms with Crippen molar-refractivity contribution >= 4 is 22.9 Å². The maximum absolute atomic E-state index is 5.58. The Balaban J connectivity index is 2.01. The fourth-order valence-electron chi connectivity index (χ4n) is 1.96. The Morgan fingerprint density at radius 1 is 1.32 bits per heavy atom. The molecule has 0 fully saturated rings. The third-order valence-electron chi connectivity index (χ3n) is 2.81. The minimum Gasteiger partial charge on any atom is -0.388 e. The minimum atomic E-state index is 0.319. The van der Waals surface area contributed by atoms with E-state index in [1.807, 2.05) is 18.2 Å². The molecule has 0 aliphatic carbocycles. The average Bonchev–Trinajstić information content (AvgIpc) is 2.40. The lowest BCUT2D eigenvalue weighted by molar-refractivity contribution is 0.790. The van der Waals surface area contributed by atoms with Crippen LogP contribution >= 0.6 is 12.2 Å². The number of nitrogens with two attached hydrogens (primary N) is 1. The fourth-order valence-corrected chi connectivity index (χ4v) is 2.07. The summed E-state index contributed by atoms with van der Waals surface area (Å²) in [6.45, 7) is 2.15. The van der Waals surface area contributed by atoms with Crippen LogP contribution in [0.1, 0.15) is 18.2 Å². The van der Waals surface area contributed by atoms with Gasteiger partial charge in [-0.15, -0.1) is 0 Å². The molecular formula is C15H17N3S. The second kappa shape index (κ2) is 6.29. The summed E-state index contributed by atoms with van der Waals surface area (Å²) in [5.41, 5.74) is 8.52. The standard InChI is InChI=1S/C15H17N3S/c1-11(9-12-5-3-2-4-6-12)18-13-7-8-17-14(10-13)15(16)19/h2-8,10-11H,9H2,1H3,(H2,16,19)(H,17,18). The number of nitrogens with one attached hydrogen (secondary N) is 1. The molecule has 0 aliphatic heterocycles. The molecule has 0 saturated carbocycles. The predicted molar refractivity (Wildman–Crippen MR) is 83.4 cm³/mol. The van der Waals surface area contributed by atoms with Crippen molar-refractivity contribution in [1.29, 1.82) is 0 Å². The van der Waals surface area contributed by atoms with Gasteiger partial charge in [0.2, 0.25) is 0 Å². The predicted octanol–water partition coefficient (Wildman–Crippen LogP) is 2.76. The Hall–Kier alpha value is -1.94. The molecule has 3 nitrogen and oxygen atoms in total. The molecule has 0 amide bonds. The second-order valence-electron chi connectivity index (χ2n) is 4.53. The first-order valence-corrected chi connectivity index (χ1v) is 6.62. The molecule has 3 N–H and O–H groups in total. The van der Waals surface area contributed by atoms with Crippen LogP contribution in [-0.4, -0.2) is 16.0 Å². The Morgan fingerprint density at radius 2 is 2.05 bits per heavy atom. The Bertz CT molecular complexity index is 554. The van der Waals surface area contributed by atoms with Crippen LogP contribution < -0.4 is 11.1 Å². The molecule has 0 saturated heterocycles. The number of pyridine rings is 1. The van der Waals surface area contributed by atoms with Gasteiger partial charge in [0, 0.05) is 17.9 Å². The summed E-state index contributed by atoms with van der Waals surface area (Å²) < 4.78 is 0. The van der Waals surface area contributed by atoms with E-state index in [1.165, 1.54) is 5.56 Å². The van der Waals surface area contributed by atoms with Crippen molar-refractivity contribution in [3.63, 3.8) is 0 Å². The minimum absolute atomic E-state index is 0.319. The lowest BCUT2D eigenvalue weighted by atomic mass is 10.1. The first kappa shape index (κ1) is 13.5. The molecule has 98 valence electrons. The highest BCUT2D eigenvalue weighted by Gasteiger charge is 2.05. The van der Waals surface area contributed by atoms with Gasteiger partial charge < -0.3 is 11.1 Å². The van der Waals surface area contributed by atoms with E-state index in [1.54, 1.807) is 6.20 Å². The number of nitrogens with zero attached hydrogens (tertiary/aromatic N) is 1. The Kier molecular flexibility index (Phi) is 4.47. The molecule has 2 rings (SSSR count). The molecule has 19 heavy (non-hydrogen) atoms. The lowest BCUT2D eigenvalue weighted by Gasteiger charge is -2.15. The summed E-state index contributed by atoms with van der Waals surface area (Å²) in [5.74, 6) is 0. The smallest absolute Gasteiger partial charge is 0.122 e. The highest BCUT2D eigenvalue weighted by atomic mass is 32.1. The highest BCUT2D eigenvalue weighted by molar-refractivity contribution is 7.80. The van der Waals surface area contributed by atoms with Gasteiger partial charge in [0.05, 0.1) is 5.69 Å². The van der Waals surface area contributed by atoms with Crippen LogP contribution in [0, 0.1) is 0 Å². The van der Waals surface area contributed by atoms with Crippen molar-refractivity contribution in [3.05, 3.63) is 59.9 Å². The molecule has 1 unspecified atom stereocenters. The van der Waals surface area contributed by atoms with E-state index >= 15 is 0 Å². The van der Waals surface area contributed by atoms with Crippen molar-refractivity contribution in [2.24, 2.45) is 5.73 Å². The van der Waals surface area contributed by atoms with Crippen molar-refractivity contribution in [1.82, 2.24) is 4.98 Å². The van der Waals surface area contributed by atoms with Gasteiger partial charge in [-0.3, -0.25) is 4.98 Å². The molecule has 1 atom stereocenters. The summed E-state index contributed by atoms with van der Waals surface area (Å²) in [7, 11) is 0. The molecule has 0 aliphatic rings. The molecule has 0 bridgehead atoms. The van der Waals surface area contributed by atoms with Gasteiger partial charge in [-0.25, -0.2) is 0 Å². The Morgan fingerprint density at radius 3 is 2.74 bits per heavy atom. The van der Waals surface area contributed by atoms with Gasteiger partial charge in [-0.2, -0.15) is 0 Å². The van der Waals surface area contributed by atoms with Crippen LogP contribution in [0.25, 0.3) is 0 Å². The van der Waals surface area contributed by atoms with Crippen LogP contribution in [0.4, 0.5) is 5.69 Å². The summed E-state index contributed by atoms with van der Waals surface area (Å²) in [6, 6.07) is 14.5. The van der Waals surface area contributed by atoms with Gasteiger partial charge in [0.15, 0.2) is 0 Å². The zero-order chi connectivity index (χ0) is 13.7. The van der Waals surface area contributed by atoms with E-state index in [2.05, 4.69) is 41.5 Å². The van der Waals surface area contributed by atoms with Crippen molar-refractivity contribution in [3.8, 4) is 0 Å². The molecule has 0 radical (unpaired) electrons. The van der Waals surface area contributed by atoms with Crippen LogP contribution in [0.3, 0.4) is 0 Å². The first-order chi connectivity index (χ1) is 9.15. The number of anilines is 1. The van der Waals surface area contributed by atoms with E-state index < -0.39 is 0 Å². The molecule has 4 heteroatoms. The third-order valence-corrected chi connectivity index (χ3v) is 3.02. The number of thiocarbonyl (C=S) groups is 1. The molecule has 1 aromatic heterocycles. The first-order valence-electron chi connectivity index (χ1n) is 6.21. The normalized spacial score (nSPS) is 11.8. The van der Waals surface area contributed by atoms with Gasteiger partial charge >= 0.3 is 0 Å². The zero-order valence-corrected chi connectivity index (χ0v) is 11.7. The van der Waals surface area contributed by atoms with Gasteiger partial charge in [-0.1, -0.05) is 42.5 Å². The molecule has 1 heterocycles. The largest absolute Gasteiger partial charge is 0.388 e. The van der Waals surface area contributed by atoms with Gasteiger partial charge in [0.1, 0.15) is 4.99 Å². The van der Waals surface area contributed by atoms with E-state index in [9.17, 15) is 0 Å². The SMILES string of the molecule is CC(Cc1ccccc1)Nc1ccnc(C(N)=S)c1. The van der Waals surface area contributed by atoms with Crippen LogP contribution in [-0.2, 0) is 6.42 Å². The van der Waals surface area contributed by atoms with Crippen molar-refractivity contribution < 1.29 is 0 Å². The quantitative estimate of drug-likeness (QED) is 0.821. The topological polar surface area (TPSA) is 50.9 Å². The average molecular weight is 271 g/mol. The highest BCUT2D eigenvalue weighted by Crippen LogP contribution is 2.12. The van der Waals surface area contributed by atoms with Gasteiger partial charge in [-0.05, 0) is 31.0 Å². The third kappa shape index (κ3) is 4.03. The molecule has 0 spiro atoms. The van der Waals surface area contributed by atoms with Crippen LogP contribution in [0.15, 0.2) is 48.7 Å². The lowest BCUT2D eigenvalue weighted by Crippen LogP contribution is -2.19. The molecular weight excluding hydrogens is 254 g/mol. The second-order valence-corrected chi connectivity index (χ2v) is 4.97. The number of hydrogen-bond donors (Lipinski definition) is 2. The van der Waals surface area contributed by atoms with Crippen LogP contribution in [0.2, 0.25) is 0 Å². The number of benzene rings is 1. The summed E-state index contributed by atoms with van der Waals surface area (Å²) >= 11 is 4.93. The number of hydrogen-bond acceptors (Lipinski definition) is 3. The summed E-state index contributed by atoms with van der Waals surface area (Å²) in [5, 5.41) is 3.43. The monoisotopic (exact) mass is 271 g/mol. The zero-order valence-electron chi connectivity index (χ0n) is 10.8. The summed E-state index contributed by atoms with van der Waals surface area (Å²) in [6.07, 6.45) is 2.68. The fraction of sp³-hybridized carbons (Fsp3) is 0.200. The van der Waals surface area contributed by atoms with Crippen molar-refractivity contribution in [2.75, 3.05) is 5.32 Å². The summed E-state index contributed by atoms with van der Waals surface area (Å²) in [4.78, 5) is 4.44. The van der Waals surface area contributed by atoms with Crippen molar-refractivity contribution in [2.45, 2.75) is 19.4 Å². The van der Waals surface area contributed by atoms with E-state index in [-0.39, 0.29) is 0 Å². The Labute approximate surface area is 118 Å².